The fraction of sp³-hybridized carbons (Fsp3) is 0.455. The van der Waals surface area contributed by atoms with Crippen LogP contribution in [0.25, 0.3) is 0 Å². The molecule has 0 unspecified atom stereocenters. The maximum atomic E-state index is 13.6. The molecular weight excluding hydrogens is 389 g/mol. The van der Waals surface area contributed by atoms with Crippen molar-refractivity contribution >= 4 is 35.8 Å². The summed E-state index contributed by atoms with van der Waals surface area (Å²) in [6.45, 7) is 1.61. The monoisotopic (exact) mass is 403 g/mol. The summed E-state index contributed by atoms with van der Waals surface area (Å²) >= 11 is 3.05. The molecule has 2 N–H and O–H groups in total. The molecule has 0 aliphatic carbocycles. The van der Waals surface area contributed by atoms with Crippen molar-refractivity contribution in [1.82, 2.24) is 0 Å². The average Bonchev–Trinajstić information content (AvgIpc) is 2.36. The Morgan fingerprint density at radius 1 is 1.29 bits per heavy atom. The summed E-state index contributed by atoms with van der Waals surface area (Å²) in [5, 5.41) is 4.87. The molecule has 0 fully saturated rings. The first kappa shape index (κ1) is 18.3. The zero-order valence-corrected chi connectivity index (χ0v) is 14.4. The molecule has 1 aromatic rings. The van der Waals surface area contributed by atoms with E-state index >= 15 is 0 Å². The molecule has 21 heavy (non-hydrogen) atoms. The van der Waals surface area contributed by atoms with Gasteiger partial charge in [0.15, 0.2) is 0 Å². The summed E-state index contributed by atoms with van der Waals surface area (Å²) < 4.78 is 63.9. The van der Waals surface area contributed by atoms with Crippen LogP contribution in [-0.4, -0.2) is 34.9 Å². The number of primary sulfonamides is 1. The topological polar surface area (TPSA) is 104 Å². The first-order chi connectivity index (χ1) is 9.57. The molecule has 0 saturated heterocycles. The van der Waals surface area contributed by atoms with Gasteiger partial charge in [0.1, 0.15) is 26.3 Å². The Morgan fingerprint density at radius 2 is 1.90 bits per heavy atom. The van der Waals surface area contributed by atoms with E-state index in [4.69, 9.17) is 9.88 Å². The molecule has 0 heterocycles. The van der Waals surface area contributed by atoms with Crippen LogP contribution in [-0.2, 0) is 19.9 Å². The van der Waals surface area contributed by atoms with E-state index in [0.717, 1.165) is 12.1 Å². The van der Waals surface area contributed by atoms with Crippen molar-refractivity contribution in [2.75, 3.05) is 18.1 Å². The number of halogens is 2. The van der Waals surface area contributed by atoms with Gasteiger partial charge in [-0.1, -0.05) is 6.92 Å². The van der Waals surface area contributed by atoms with E-state index in [2.05, 4.69) is 15.9 Å². The van der Waals surface area contributed by atoms with E-state index < -0.39 is 30.6 Å². The third-order valence-corrected chi connectivity index (χ3v) is 5.93. The van der Waals surface area contributed by atoms with Gasteiger partial charge in [0.25, 0.3) is 0 Å². The Kier molecular flexibility index (Phi) is 6.14. The second-order valence-electron chi connectivity index (χ2n) is 4.20. The predicted molar refractivity (Wildman–Crippen MR) is 79.9 cm³/mol. The molecule has 1 aromatic carbocycles. The first-order valence-electron chi connectivity index (χ1n) is 5.92. The Labute approximate surface area is 131 Å². The first-order valence-corrected chi connectivity index (χ1v) is 10.1. The molecule has 0 aromatic heterocycles. The van der Waals surface area contributed by atoms with E-state index in [1.165, 1.54) is 0 Å². The Hall–Kier alpha value is -0.710. The van der Waals surface area contributed by atoms with Crippen LogP contribution >= 0.6 is 15.9 Å². The van der Waals surface area contributed by atoms with Crippen LogP contribution in [0.5, 0.6) is 5.75 Å². The molecule has 0 aliphatic rings. The lowest BCUT2D eigenvalue weighted by Crippen LogP contribution is -2.15. The lowest BCUT2D eigenvalue weighted by atomic mass is 10.3. The third-order valence-electron chi connectivity index (χ3n) is 2.59. The van der Waals surface area contributed by atoms with Gasteiger partial charge in [0.05, 0.1) is 16.8 Å². The van der Waals surface area contributed by atoms with E-state index in [-0.39, 0.29) is 34.8 Å². The standard InChI is InChI=1S/C11H15BrFNO5S2/c1-2-20(15,16)5-3-4-19-10-7-9(13)11(6-8(10)12)21(14,17)18/h6-7H,2-5H2,1H3,(H2,14,17,18). The lowest BCUT2D eigenvalue weighted by molar-refractivity contribution is 0.313. The van der Waals surface area contributed by atoms with Crippen LogP contribution in [0.4, 0.5) is 4.39 Å². The molecule has 0 atom stereocenters. The number of nitrogens with two attached hydrogens (primary N) is 1. The molecule has 0 amide bonds. The molecule has 0 aliphatic heterocycles. The van der Waals surface area contributed by atoms with Gasteiger partial charge in [-0.05, 0) is 28.4 Å². The summed E-state index contributed by atoms with van der Waals surface area (Å²) in [6, 6.07) is 1.89. The Morgan fingerprint density at radius 3 is 2.43 bits per heavy atom. The molecule has 1 rings (SSSR count). The fourth-order valence-corrected chi connectivity index (χ4v) is 3.51. The number of sulfone groups is 1. The van der Waals surface area contributed by atoms with Crippen molar-refractivity contribution in [2.45, 2.75) is 18.2 Å². The molecule has 0 bridgehead atoms. The number of benzene rings is 1. The van der Waals surface area contributed by atoms with Crippen molar-refractivity contribution in [3.05, 3.63) is 22.4 Å². The summed E-state index contributed by atoms with van der Waals surface area (Å²) in [5.41, 5.74) is 0. The number of hydrogen-bond donors (Lipinski definition) is 1. The van der Waals surface area contributed by atoms with Gasteiger partial charge in [0.2, 0.25) is 10.0 Å². The quantitative estimate of drug-likeness (QED) is 0.693. The summed E-state index contributed by atoms with van der Waals surface area (Å²) in [6.07, 6.45) is 0.251. The minimum atomic E-state index is -4.16. The van der Waals surface area contributed by atoms with Crippen molar-refractivity contribution in [2.24, 2.45) is 5.14 Å². The maximum absolute atomic E-state index is 13.6. The molecule has 0 saturated carbocycles. The summed E-state index contributed by atoms with van der Waals surface area (Å²) in [5.74, 6) is -0.932. The van der Waals surface area contributed by atoms with Crippen LogP contribution in [0.3, 0.4) is 0 Å². The van der Waals surface area contributed by atoms with Gasteiger partial charge in [0, 0.05) is 11.8 Å². The Bertz CT molecular complexity index is 718. The van der Waals surface area contributed by atoms with Crippen molar-refractivity contribution in [3.63, 3.8) is 0 Å². The predicted octanol–water partition coefficient (Wildman–Crippen LogP) is 1.44. The van der Waals surface area contributed by atoms with E-state index in [9.17, 15) is 21.2 Å². The van der Waals surface area contributed by atoms with Crippen molar-refractivity contribution < 1.29 is 26.0 Å². The highest BCUT2D eigenvalue weighted by atomic mass is 79.9. The molecule has 0 spiro atoms. The van der Waals surface area contributed by atoms with Crippen molar-refractivity contribution in [3.8, 4) is 5.75 Å². The second kappa shape index (κ2) is 7.03. The van der Waals surface area contributed by atoms with Crippen LogP contribution in [0, 0.1) is 5.82 Å². The van der Waals surface area contributed by atoms with Gasteiger partial charge in [-0.3, -0.25) is 0 Å². The molecule has 120 valence electrons. The fourth-order valence-electron chi connectivity index (χ4n) is 1.44. The summed E-state index contributed by atoms with van der Waals surface area (Å²) in [4.78, 5) is -0.643. The third kappa shape index (κ3) is 5.53. The SMILES string of the molecule is CCS(=O)(=O)CCCOc1cc(F)c(S(N)(=O)=O)cc1Br. The zero-order chi connectivity index (χ0) is 16.3. The Balaban J connectivity index is 2.76. The van der Waals surface area contributed by atoms with Crippen LogP contribution in [0.15, 0.2) is 21.5 Å². The zero-order valence-electron chi connectivity index (χ0n) is 11.2. The average molecular weight is 404 g/mol. The highest BCUT2D eigenvalue weighted by Gasteiger charge is 2.18. The van der Waals surface area contributed by atoms with E-state index in [1.54, 1.807) is 6.92 Å². The highest BCUT2D eigenvalue weighted by molar-refractivity contribution is 9.10. The minimum Gasteiger partial charge on any atom is -0.492 e. The number of sulfonamides is 1. The summed E-state index contributed by atoms with van der Waals surface area (Å²) in [7, 11) is -7.24. The van der Waals surface area contributed by atoms with Crippen molar-refractivity contribution in [1.29, 1.82) is 0 Å². The minimum absolute atomic E-state index is 0.0289. The lowest BCUT2D eigenvalue weighted by Gasteiger charge is -2.10. The largest absolute Gasteiger partial charge is 0.492 e. The van der Waals surface area contributed by atoms with Gasteiger partial charge in [-0.2, -0.15) is 0 Å². The van der Waals surface area contributed by atoms with Crippen LogP contribution < -0.4 is 9.88 Å². The van der Waals surface area contributed by atoms with E-state index in [1.807, 2.05) is 0 Å². The maximum Gasteiger partial charge on any atom is 0.241 e. The normalized spacial score (nSPS) is 12.4. The van der Waals surface area contributed by atoms with E-state index in [0.29, 0.717) is 0 Å². The van der Waals surface area contributed by atoms with Gasteiger partial charge in [-0.15, -0.1) is 0 Å². The number of rotatable bonds is 7. The second-order valence-corrected chi connectivity index (χ2v) is 9.05. The molecule has 0 radical (unpaired) electrons. The highest BCUT2D eigenvalue weighted by Crippen LogP contribution is 2.30. The molecule has 6 nitrogen and oxygen atoms in total. The molecular formula is C11H15BrFNO5S2. The number of hydrogen-bond acceptors (Lipinski definition) is 5. The van der Waals surface area contributed by atoms with Gasteiger partial charge < -0.3 is 4.74 Å². The van der Waals surface area contributed by atoms with Gasteiger partial charge >= 0.3 is 0 Å². The number of ether oxygens (including phenoxy) is 1. The van der Waals surface area contributed by atoms with Gasteiger partial charge in [-0.25, -0.2) is 26.4 Å². The molecule has 10 heteroatoms. The smallest absolute Gasteiger partial charge is 0.241 e. The van der Waals surface area contributed by atoms with Crippen LogP contribution in [0.1, 0.15) is 13.3 Å². The van der Waals surface area contributed by atoms with Crippen LogP contribution in [0.2, 0.25) is 0 Å².